The Morgan fingerprint density at radius 3 is 2.83 bits per heavy atom. The van der Waals surface area contributed by atoms with Crippen molar-refractivity contribution >= 4 is 18.0 Å². The molecule has 7 nitrogen and oxygen atoms in total. The number of hydrogen-bond donors (Lipinski definition) is 1. The Balaban J connectivity index is 1.66. The lowest BCUT2D eigenvalue weighted by Gasteiger charge is -2.59. The first-order chi connectivity index (χ1) is 17.3. The van der Waals surface area contributed by atoms with E-state index in [1.165, 1.54) is 6.92 Å². The number of benzene rings is 1. The number of ether oxygens (including phenoxy) is 2. The Labute approximate surface area is 213 Å². The van der Waals surface area contributed by atoms with Gasteiger partial charge in [-0.1, -0.05) is 18.2 Å². The lowest BCUT2D eigenvalue weighted by Crippen LogP contribution is -2.68. The highest BCUT2D eigenvalue weighted by atomic mass is 16.6. The number of aryl methyl sites for hydroxylation is 1. The van der Waals surface area contributed by atoms with Crippen LogP contribution in [0, 0.1) is 6.92 Å². The van der Waals surface area contributed by atoms with Crippen LogP contribution in [0.15, 0.2) is 59.7 Å². The molecule has 2 heterocycles. The molecular formula is C29H36N2O5. The van der Waals surface area contributed by atoms with Crippen molar-refractivity contribution in [1.29, 1.82) is 0 Å². The van der Waals surface area contributed by atoms with Crippen molar-refractivity contribution in [1.82, 2.24) is 10.2 Å². The van der Waals surface area contributed by atoms with Crippen LogP contribution in [-0.2, 0) is 19.7 Å². The third kappa shape index (κ3) is 5.12. The average molecular weight is 493 g/mol. The molecule has 1 aliphatic heterocycles. The second-order valence-electron chi connectivity index (χ2n) is 9.89. The van der Waals surface area contributed by atoms with Gasteiger partial charge in [-0.25, -0.2) is 0 Å². The summed E-state index contributed by atoms with van der Waals surface area (Å²) >= 11 is 0. The van der Waals surface area contributed by atoms with E-state index < -0.39 is 11.0 Å². The van der Waals surface area contributed by atoms with Gasteiger partial charge in [0, 0.05) is 43.1 Å². The number of carbonyl (C=O) groups excluding carboxylic acids is 2. The first-order valence-corrected chi connectivity index (χ1v) is 12.5. The molecule has 2 fully saturated rings. The molecule has 1 aromatic heterocycles. The van der Waals surface area contributed by atoms with Gasteiger partial charge in [0.1, 0.15) is 17.1 Å². The molecule has 192 valence electrons. The van der Waals surface area contributed by atoms with E-state index >= 15 is 0 Å². The maximum Gasteiger partial charge on any atom is 0.303 e. The number of rotatable bonds is 8. The van der Waals surface area contributed by atoms with E-state index in [2.05, 4.69) is 22.9 Å². The molecule has 0 bridgehead atoms. The number of furan rings is 1. The molecule has 1 aromatic carbocycles. The molecule has 4 rings (SSSR count). The second-order valence-corrected chi connectivity index (χ2v) is 9.89. The van der Waals surface area contributed by atoms with Crippen LogP contribution >= 0.6 is 0 Å². The Kier molecular flexibility index (Phi) is 7.69. The van der Waals surface area contributed by atoms with Crippen molar-refractivity contribution in [2.45, 2.75) is 56.6 Å². The average Bonchev–Trinajstić information content (AvgIpc) is 3.27. The molecule has 1 amide bonds. The number of piperidine rings is 1. The van der Waals surface area contributed by atoms with Crippen LogP contribution in [0.1, 0.15) is 49.5 Å². The number of nitrogens with zero attached hydrogens (tertiary/aromatic N) is 1. The summed E-state index contributed by atoms with van der Waals surface area (Å²) in [5.74, 6) is 1.09. The van der Waals surface area contributed by atoms with Gasteiger partial charge in [0.2, 0.25) is 5.91 Å². The minimum atomic E-state index is -0.711. The third-order valence-corrected chi connectivity index (χ3v) is 7.71. The minimum Gasteiger partial charge on any atom is -0.497 e. The van der Waals surface area contributed by atoms with E-state index in [0.717, 1.165) is 42.1 Å². The minimum absolute atomic E-state index is 0.0616. The standard InChI is InChI=1S/C29H36N2O5/c1-5-15-31-16-14-28(24-7-6-8-26(18-24)34-4)19-25(11-13-29(28,20-31)36-22(3)32)30-27(33)10-9-23-12-17-35-21(23)2/h5-10,12,17-18,25H,1,11,13-16,19-20H2,2-4H3,(H,30,33)/t25-,28+,29+/m1/s1. The summed E-state index contributed by atoms with van der Waals surface area (Å²) in [5, 5.41) is 3.21. The van der Waals surface area contributed by atoms with Crippen molar-refractivity contribution < 1.29 is 23.5 Å². The highest BCUT2D eigenvalue weighted by Crippen LogP contribution is 2.54. The van der Waals surface area contributed by atoms with Gasteiger partial charge in [0.15, 0.2) is 0 Å². The Morgan fingerprint density at radius 2 is 2.14 bits per heavy atom. The SMILES string of the molecule is C=CCN1CC[C@@]2(c3cccc(OC)c3)C[C@H](NC(=O)C=Cc3ccoc3C)CC[C@]2(OC(C)=O)C1. The zero-order chi connectivity index (χ0) is 25.8. The summed E-state index contributed by atoms with van der Waals surface area (Å²) < 4.78 is 17.1. The van der Waals surface area contributed by atoms with Crippen LogP contribution < -0.4 is 10.1 Å². The number of methoxy groups -OCH3 is 1. The van der Waals surface area contributed by atoms with Crippen LogP contribution in [0.4, 0.5) is 0 Å². The van der Waals surface area contributed by atoms with Crippen LogP contribution in [-0.4, -0.2) is 55.2 Å². The zero-order valence-electron chi connectivity index (χ0n) is 21.4. The molecule has 1 saturated carbocycles. The monoisotopic (exact) mass is 492 g/mol. The number of amides is 1. The largest absolute Gasteiger partial charge is 0.497 e. The number of fused-ring (bicyclic) bond motifs is 1. The number of carbonyl (C=O) groups is 2. The Bertz CT molecular complexity index is 1140. The molecule has 0 spiro atoms. The summed E-state index contributed by atoms with van der Waals surface area (Å²) in [6.45, 7) is 9.44. The predicted octanol–water partition coefficient (Wildman–Crippen LogP) is 4.41. The van der Waals surface area contributed by atoms with E-state index in [4.69, 9.17) is 13.9 Å². The third-order valence-electron chi connectivity index (χ3n) is 7.71. The number of esters is 1. The molecule has 0 unspecified atom stereocenters. The summed E-state index contributed by atoms with van der Waals surface area (Å²) in [5.41, 5.74) is 0.776. The summed E-state index contributed by atoms with van der Waals surface area (Å²) in [7, 11) is 1.65. The number of hydrogen-bond acceptors (Lipinski definition) is 6. The second kappa shape index (κ2) is 10.7. The van der Waals surface area contributed by atoms with E-state index in [1.54, 1.807) is 25.5 Å². The van der Waals surface area contributed by atoms with Crippen molar-refractivity contribution in [3.8, 4) is 5.75 Å². The summed E-state index contributed by atoms with van der Waals surface area (Å²) in [6.07, 6.45) is 9.64. The molecule has 1 aliphatic carbocycles. The van der Waals surface area contributed by atoms with E-state index in [-0.39, 0.29) is 17.9 Å². The van der Waals surface area contributed by atoms with Gasteiger partial charge in [-0.2, -0.15) is 0 Å². The van der Waals surface area contributed by atoms with Crippen molar-refractivity contribution in [3.63, 3.8) is 0 Å². The molecule has 1 N–H and O–H groups in total. The smallest absolute Gasteiger partial charge is 0.303 e. The van der Waals surface area contributed by atoms with Crippen LogP contribution in [0.5, 0.6) is 5.75 Å². The van der Waals surface area contributed by atoms with Crippen LogP contribution in [0.2, 0.25) is 0 Å². The maximum atomic E-state index is 12.9. The highest BCUT2D eigenvalue weighted by molar-refractivity contribution is 5.92. The number of likely N-dealkylation sites (tertiary alicyclic amines) is 1. The Hall–Kier alpha value is -3.32. The van der Waals surface area contributed by atoms with E-state index in [0.29, 0.717) is 25.8 Å². The molecule has 36 heavy (non-hydrogen) atoms. The molecular weight excluding hydrogens is 456 g/mol. The van der Waals surface area contributed by atoms with Gasteiger partial charge in [-0.3, -0.25) is 14.5 Å². The molecule has 7 heteroatoms. The Morgan fingerprint density at radius 1 is 1.31 bits per heavy atom. The topological polar surface area (TPSA) is 81.0 Å². The fourth-order valence-corrected chi connectivity index (χ4v) is 6.05. The summed E-state index contributed by atoms with van der Waals surface area (Å²) in [6, 6.07) is 9.82. The lowest BCUT2D eigenvalue weighted by atomic mass is 9.55. The van der Waals surface area contributed by atoms with Crippen molar-refractivity contribution in [3.05, 3.63) is 72.2 Å². The molecule has 0 radical (unpaired) electrons. The molecule has 3 atom stereocenters. The normalized spacial score (nSPS) is 26.2. The molecule has 2 aliphatic rings. The fourth-order valence-electron chi connectivity index (χ4n) is 6.05. The van der Waals surface area contributed by atoms with Crippen molar-refractivity contribution in [2.24, 2.45) is 0 Å². The van der Waals surface area contributed by atoms with Gasteiger partial charge in [-0.15, -0.1) is 6.58 Å². The lowest BCUT2D eigenvalue weighted by molar-refractivity contribution is -0.186. The quantitative estimate of drug-likeness (QED) is 0.334. The maximum absolute atomic E-state index is 12.9. The fraction of sp³-hybridized carbons (Fsp3) is 0.448. The first kappa shape index (κ1) is 25.8. The van der Waals surface area contributed by atoms with Crippen LogP contribution in [0.3, 0.4) is 0 Å². The van der Waals surface area contributed by atoms with E-state index in [9.17, 15) is 9.59 Å². The van der Waals surface area contributed by atoms with Crippen LogP contribution in [0.25, 0.3) is 6.08 Å². The zero-order valence-corrected chi connectivity index (χ0v) is 21.4. The summed E-state index contributed by atoms with van der Waals surface area (Å²) in [4.78, 5) is 27.6. The van der Waals surface area contributed by atoms with Gasteiger partial charge in [0.05, 0.1) is 13.4 Å². The van der Waals surface area contributed by atoms with Crippen molar-refractivity contribution in [2.75, 3.05) is 26.7 Å². The first-order valence-electron chi connectivity index (χ1n) is 12.5. The molecule has 1 saturated heterocycles. The molecule has 2 aromatic rings. The predicted molar refractivity (Wildman–Crippen MR) is 139 cm³/mol. The number of nitrogens with one attached hydrogen (secondary N) is 1. The highest BCUT2D eigenvalue weighted by Gasteiger charge is 2.60. The van der Waals surface area contributed by atoms with Gasteiger partial charge < -0.3 is 19.2 Å². The van der Waals surface area contributed by atoms with Gasteiger partial charge in [0.25, 0.3) is 0 Å². The van der Waals surface area contributed by atoms with Gasteiger partial charge >= 0.3 is 5.97 Å². The van der Waals surface area contributed by atoms with E-state index in [1.807, 2.05) is 37.3 Å². The van der Waals surface area contributed by atoms with Gasteiger partial charge in [-0.05, 0) is 69.0 Å².